The van der Waals surface area contributed by atoms with Gasteiger partial charge in [-0.15, -0.1) is 0 Å². The molecule has 78 valence electrons. The van der Waals surface area contributed by atoms with E-state index in [1.807, 2.05) is 24.3 Å². The van der Waals surface area contributed by atoms with E-state index in [4.69, 9.17) is 10.8 Å². The van der Waals surface area contributed by atoms with Gasteiger partial charge in [-0.25, -0.2) is 0 Å². The molecule has 0 aromatic heterocycles. The van der Waals surface area contributed by atoms with Crippen molar-refractivity contribution in [1.82, 2.24) is 5.32 Å². The number of aliphatic hydroxyl groups is 1. The van der Waals surface area contributed by atoms with Gasteiger partial charge in [-0.2, -0.15) is 0 Å². The molecule has 0 saturated carbocycles. The zero-order chi connectivity index (χ0) is 10.4. The van der Waals surface area contributed by atoms with E-state index in [1.165, 1.54) is 5.56 Å². The minimum atomic E-state index is -0.176. The second-order valence-electron chi connectivity index (χ2n) is 3.20. The van der Waals surface area contributed by atoms with Crippen molar-refractivity contribution in [3.05, 3.63) is 34.3 Å². The van der Waals surface area contributed by atoms with E-state index in [1.54, 1.807) is 0 Å². The van der Waals surface area contributed by atoms with Gasteiger partial charge in [-0.1, -0.05) is 28.1 Å². The van der Waals surface area contributed by atoms with Gasteiger partial charge < -0.3 is 16.2 Å². The van der Waals surface area contributed by atoms with Gasteiger partial charge in [0.2, 0.25) is 0 Å². The number of nitrogens with two attached hydrogens (primary N) is 1. The summed E-state index contributed by atoms with van der Waals surface area (Å²) in [6.07, 6.45) is 0. The highest BCUT2D eigenvalue weighted by Crippen LogP contribution is 2.09. The summed E-state index contributed by atoms with van der Waals surface area (Å²) in [5.41, 5.74) is 6.75. The molecular formula is C10H15BrN2O. The Hall–Kier alpha value is -0.420. The lowest BCUT2D eigenvalue weighted by atomic mass is 10.2. The Balaban J connectivity index is 2.28. The highest BCUT2D eigenvalue weighted by Gasteiger charge is 1.98. The highest BCUT2D eigenvalue weighted by atomic mass is 79.9. The summed E-state index contributed by atoms with van der Waals surface area (Å²) < 4.78 is 1.08. The predicted molar refractivity (Wildman–Crippen MR) is 60.9 cm³/mol. The maximum Gasteiger partial charge on any atom is 0.0594 e. The number of hydrogen-bond acceptors (Lipinski definition) is 3. The Bertz CT molecular complexity index is 263. The van der Waals surface area contributed by atoms with Crippen LogP contribution >= 0.6 is 15.9 Å². The quantitative estimate of drug-likeness (QED) is 0.735. The van der Waals surface area contributed by atoms with Gasteiger partial charge in [0.25, 0.3) is 0 Å². The van der Waals surface area contributed by atoms with Gasteiger partial charge in [-0.3, -0.25) is 0 Å². The third-order valence-corrected chi connectivity index (χ3v) is 2.41. The lowest BCUT2D eigenvalue weighted by Crippen LogP contribution is -2.36. The highest BCUT2D eigenvalue weighted by molar-refractivity contribution is 9.10. The second-order valence-corrected chi connectivity index (χ2v) is 4.12. The summed E-state index contributed by atoms with van der Waals surface area (Å²) in [5.74, 6) is 0. The van der Waals surface area contributed by atoms with E-state index in [9.17, 15) is 0 Å². The van der Waals surface area contributed by atoms with E-state index >= 15 is 0 Å². The van der Waals surface area contributed by atoms with Crippen LogP contribution in [0.3, 0.4) is 0 Å². The van der Waals surface area contributed by atoms with Gasteiger partial charge in [0.05, 0.1) is 6.61 Å². The topological polar surface area (TPSA) is 58.3 Å². The monoisotopic (exact) mass is 258 g/mol. The first kappa shape index (κ1) is 11.7. The maximum atomic E-state index is 8.70. The van der Waals surface area contributed by atoms with Gasteiger partial charge in [0, 0.05) is 23.6 Å². The van der Waals surface area contributed by atoms with Crippen LogP contribution in [0.2, 0.25) is 0 Å². The van der Waals surface area contributed by atoms with Crippen molar-refractivity contribution in [3.63, 3.8) is 0 Å². The van der Waals surface area contributed by atoms with E-state index < -0.39 is 0 Å². The average molecular weight is 259 g/mol. The van der Waals surface area contributed by atoms with Crippen LogP contribution in [0, 0.1) is 0 Å². The fourth-order valence-corrected chi connectivity index (χ4v) is 1.33. The van der Waals surface area contributed by atoms with Gasteiger partial charge in [-0.05, 0) is 17.7 Å². The van der Waals surface area contributed by atoms with Crippen LogP contribution < -0.4 is 11.1 Å². The van der Waals surface area contributed by atoms with Crippen LogP contribution in [0.25, 0.3) is 0 Å². The molecule has 4 N–H and O–H groups in total. The number of benzene rings is 1. The molecule has 0 bridgehead atoms. The van der Waals surface area contributed by atoms with Crippen molar-refractivity contribution in [2.24, 2.45) is 5.73 Å². The second kappa shape index (κ2) is 6.14. The minimum Gasteiger partial charge on any atom is -0.395 e. The van der Waals surface area contributed by atoms with Crippen molar-refractivity contribution in [2.75, 3.05) is 13.2 Å². The van der Waals surface area contributed by atoms with E-state index in [2.05, 4.69) is 21.2 Å². The maximum absolute atomic E-state index is 8.70. The van der Waals surface area contributed by atoms with E-state index in [0.717, 1.165) is 11.0 Å². The van der Waals surface area contributed by atoms with Crippen molar-refractivity contribution in [2.45, 2.75) is 12.6 Å². The average Bonchev–Trinajstić information content (AvgIpc) is 2.21. The fourth-order valence-electron chi connectivity index (χ4n) is 1.07. The largest absolute Gasteiger partial charge is 0.395 e. The first-order valence-corrected chi connectivity index (χ1v) is 5.33. The molecule has 0 radical (unpaired) electrons. The molecule has 3 nitrogen and oxygen atoms in total. The normalized spacial score (nSPS) is 12.8. The number of halogens is 1. The zero-order valence-corrected chi connectivity index (χ0v) is 9.50. The number of aliphatic hydroxyl groups excluding tert-OH is 1. The lowest BCUT2D eigenvalue weighted by molar-refractivity contribution is 0.262. The first-order valence-electron chi connectivity index (χ1n) is 4.54. The molecule has 14 heavy (non-hydrogen) atoms. The van der Waals surface area contributed by atoms with Gasteiger partial charge >= 0.3 is 0 Å². The zero-order valence-electron chi connectivity index (χ0n) is 7.91. The molecule has 0 aliphatic rings. The summed E-state index contributed by atoms with van der Waals surface area (Å²) in [7, 11) is 0. The Morgan fingerprint density at radius 3 is 2.57 bits per heavy atom. The molecular weight excluding hydrogens is 244 g/mol. The number of nitrogens with one attached hydrogen (secondary N) is 1. The number of hydrogen-bond donors (Lipinski definition) is 3. The standard InChI is InChI=1S/C10H15BrN2O/c11-9-3-1-8(2-4-9)5-13-6-10(12)7-14/h1-4,10,13-14H,5-7,12H2. The molecule has 0 saturated heterocycles. The Labute approximate surface area is 92.4 Å². The van der Waals surface area contributed by atoms with Crippen LogP contribution in [0.15, 0.2) is 28.7 Å². The molecule has 1 atom stereocenters. The fraction of sp³-hybridized carbons (Fsp3) is 0.400. The Morgan fingerprint density at radius 2 is 2.00 bits per heavy atom. The molecule has 1 aromatic rings. The molecule has 1 unspecified atom stereocenters. The van der Waals surface area contributed by atoms with Gasteiger partial charge in [0.15, 0.2) is 0 Å². The molecule has 1 aromatic carbocycles. The summed E-state index contributed by atoms with van der Waals surface area (Å²) in [5, 5.41) is 11.9. The summed E-state index contributed by atoms with van der Waals surface area (Å²) in [4.78, 5) is 0. The SMILES string of the molecule is NC(CO)CNCc1ccc(Br)cc1. The summed E-state index contributed by atoms with van der Waals surface area (Å²) in [6.45, 7) is 1.43. The van der Waals surface area contributed by atoms with E-state index in [-0.39, 0.29) is 12.6 Å². The predicted octanol–water partition coefficient (Wildman–Crippen LogP) is 0.858. The van der Waals surface area contributed by atoms with Crippen LogP contribution in [0.1, 0.15) is 5.56 Å². The smallest absolute Gasteiger partial charge is 0.0594 e. The lowest BCUT2D eigenvalue weighted by Gasteiger charge is -2.09. The van der Waals surface area contributed by atoms with Crippen LogP contribution in [0.5, 0.6) is 0 Å². The minimum absolute atomic E-state index is 0.0212. The van der Waals surface area contributed by atoms with Crippen molar-refractivity contribution < 1.29 is 5.11 Å². The third kappa shape index (κ3) is 4.19. The van der Waals surface area contributed by atoms with Crippen molar-refractivity contribution >= 4 is 15.9 Å². The van der Waals surface area contributed by atoms with Crippen LogP contribution in [-0.2, 0) is 6.54 Å². The molecule has 0 aliphatic heterocycles. The summed E-state index contributed by atoms with van der Waals surface area (Å²) >= 11 is 3.37. The molecule has 1 rings (SSSR count). The molecule has 0 amide bonds. The van der Waals surface area contributed by atoms with Crippen molar-refractivity contribution in [1.29, 1.82) is 0 Å². The van der Waals surface area contributed by atoms with Crippen LogP contribution in [-0.4, -0.2) is 24.3 Å². The van der Waals surface area contributed by atoms with Gasteiger partial charge in [0.1, 0.15) is 0 Å². The van der Waals surface area contributed by atoms with Crippen molar-refractivity contribution in [3.8, 4) is 0 Å². The first-order chi connectivity index (χ1) is 6.72. The molecule has 0 spiro atoms. The molecule has 0 heterocycles. The molecule has 4 heteroatoms. The third-order valence-electron chi connectivity index (χ3n) is 1.88. The molecule has 0 aliphatic carbocycles. The Kier molecular flexibility index (Phi) is 5.11. The molecule has 0 fully saturated rings. The number of rotatable bonds is 5. The Morgan fingerprint density at radius 1 is 1.36 bits per heavy atom. The van der Waals surface area contributed by atoms with E-state index in [0.29, 0.717) is 6.54 Å². The summed E-state index contributed by atoms with van der Waals surface area (Å²) in [6, 6.07) is 7.92. The van der Waals surface area contributed by atoms with Crippen LogP contribution in [0.4, 0.5) is 0 Å².